The average molecular weight is 238 g/mol. The number of hydrogen-bond donors (Lipinski definition) is 3. The molecular weight excluding hydrogens is 216 g/mol. The van der Waals surface area contributed by atoms with Crippen molar-refractivity contribution in [2.75, 3.05) is 33.2 Å². The van der Waals surface area contributed by atoms with Crippen LogP contribution in [-0.2, 0) is 0 Å². The molecule has 6 nitrogen and oxygen atoms in total. The summed E-state index contributed by atoms with van der Waals surface area (Å²) in [5, 5.41) is 3.11. The molecular formula is C11H22N6. The molecule has 0 saturated carbocycles. The number of nitrogens with zero attached hydrogens (tertiary/aromatic N) is 3. The van der Waals surface area contributed by atoms with E-state index in [1.807, 2.05) is 13.0 Å². The highest BCUT2D eigenvalue weighted by atomic mass is 15.3. The first-order valence-corrected chi connectivity index (χ1v) is 6.10. The van der Waals surface area contributed by atoms with E-state index in [-0.39, 0.29) is 0 Å². The van der Waals surface area contributed by atoms with Crippen LogP contribution >= 0.6 is 0 Å². The van der Waals surface area contributed by atoms with Crippen molar-refractivity contribution in [3.8, 4) is 0 Å². The van der Waals surface area contributed by atoms with Crippen molar-refractivity contribution in [3.05, 3.63) is 11.9 Å². The molecule has 1 unspecified atom stereocenters. The molecule has 0 aromatic heterocycles. The van der Waals surface area contributed by atoms with Crippen LogP contribution in [0, 0.1) is 0 Å². The van der Waals surface area contributed by atoms with Gasteiger partial charge in [0.15, 0.2) is 5.96 Å². The fraction of sp³-hybridized carbons (Fsp3) is 0.727. The Morgan fingerprint density at radius 2 is 2.06 bits per heavy atom. The van der Waals surface area contributed by atoms with Gasteiger partial charge in [-0.2, -0.15) is 0 Å². The molecule has 6 heteroatoms. The van der Waals surface area contributed by atoms with E-state index in [4.69, 9.17) is 11.5 Å². The Balaban J connectivity index is 2.11. The maximum Gasteiger partial charge on any atom is 0.196 e. The van der Waals surface area contributed by atoms with Crippen molar-refractivity contribution in [1.82, 2.24) is 15.1 Å². The van der Waals surface area contributed by atoms with Crippen LogP contribution in [0.5, 0.6) is 0 Å². The number of nitrogens with two attached hydrogens (primary N) is 2. The van der Waals surface area contributed by atoms with Gasteiger partial charge >= 0.3 is 0 Å². The molecule has 0 aliphatic carbocycles. The third kappa shape index (κ3) is 2.70. The van der Waals surface area contributed by atoms with Crippen molar-refractivity contribution in [2.24, 2.45) is 16.5 Å². The second-order valence-electron chi connectivity index (χ2n) is 4.79. The van der Waals surface area contributed by atoms with Crippen molar-refractivity contribution in [3.63, 3.8) is 0 Å². The van der Waals surface area contributed by atoms with Crippen molar-refractivity contribution in [1.29, 1.82) is 0 Å². The molecule has 2 rings (SSSR count). The van der Waals surface area contributed by atoms with E-state index in [1.165, 1.54) is 0 Å². The van der Waals surface area contributed by atoms with E-state index in [1.54, 1.807) is 0 Å². The van der Waals surface area contributed by atoms with Gasteiger partial charge in [0.2, 0.25) is 0 Å². The molecule has 0 spiro atoms. The van der Waals surface area contributed by atoms with Gasteiger partial charge in [0.1, 0.15) is 11.5 Å². The van der Waals surface area contributed by atoms with Gasteiger partial charge in [-0.25, -0.2) is 4.99 Å². The predicted octanol–water partition coefficient (Wildman–Crippen LogP) is -0.942. The number of hydrogen-bond acceptors (Lipinski definition) is 6. The van der Waals surface area contributed by atoms with E-state index in [0.717, 1.165) is 38.4 Å². The fourth-order valence-electron chi connectivity index (χ4n) is 2.09. The van der Waals surface area contributed by atoms with Crippen LogP contribution in [-0.4, -0.2) is 54.6 Å². The predicted molar refractivity (Wildman–Crippen MR) is 69.1 cm³/mol. The van der Waals surface area contributed by atoms with Crippen LogP contribution in [0.3, 0.4) is 0 Å². The zero-order valence-corrected chi connectivity index (χ0v) is 10.6. The Kier molecular flexibility index (Phi) is 3.26. The summed E-state index contributed by atoms with van der Waals surface area (Å²) in [6, 6.07) is 0. The number of aliphatic imine (C=N–C) groups is 1. The lowest BCUT2D eigenvalue weighted by molar-refractivity contribution is 0.179. The van der Waals surface area contributed by atoms with Crippen LogP contribution in [0.4, 0.5) is 0 Å². The molecule has 5 N–H and O–H groups in total. The minimum absolute atomic E-state index is 0.408. The molecule has 1 fully saturated rings. The van der Waals surface area contributed by atoms with E-state index < -0.39 is 5.66 Å². The summed E-state index contributed by atoms with van der Waals surface area (Å²) in [4.78, 5) is 8.83. The minimum Gasteiger partial charge on any atom is -0.370 e. The quantitative estimate of drug-likeness (QED) is 0.578. The number of piperazine rings is 1. The molecule has 0 bridgehead atoms. The van der Waals surface area contributed by atoms with Crippen molar-refractivity contribution < 1.29 is 0 Å². The normalized spacial score (nSPS) is 30.6. The SMILES string of the molecule is CCC1(N)C=C(N2CCN(C)CC2)NC(N)=N1. The summed E-state index contributed by atoms with van der Waals surface area (Å²) in [5.74, 6) is 1.40. The fourth-order valence-corrected chi connectivity index (χ4v) is 2.09. The lowest BCUT2D eigenvalue weighted by Gasteiger charge is -2.38. The largest absolute Gasteiger partial charge is 0.370 e. The molecule has 2 heterocycles. The van der Waals surface area contributed by atoms with Gasteiger partial charge in [-0.3, -0.25) is 0 Å². The zero-order valence-electron chi connectivity index (χ0n) is 10.6. The average Bonchev–Trinajstić information content (AvgIpc) is 2.29. The standard InChI is InChI=1S/C11H22N6/c1-3-11(13)8-9(14-10(12)15-11)17-6-4-16(2)5-7-17/h8H,3-7,13H2,1-2H3,(H3,12,14,15). The number of likely N-dealkylation sites (N-methyl/N-ethyl adjacent to an activating group) is 1. The van der Waals surface area contributed by atoms with Gasteiger partial charge in [0.25, 0.3) is 0 Å². The topological polar surface area (TPSA) is 82.9 Å². The first-order chi connectivity index (χ1) is 8.02. The summed E-state index contributed by atoms with van der Waals surface area (Å²) in [6.07, 6.45) is 2.72. The first kappa shape index (κ1) is 12.2. The van der Waals surface area contributed by atoms with E-state index >= 15 is 0 Å². The monoisotopic (exact) mass is 238 g/mol. The van der Waals surface area contributed by atoms with E-state index in [9.17, 15) is 0 Å². The smallest absolute Gasteiger partial charge is 0.196 e. The first-order valence-electron chi connectivity index (χ1n) is 6.10. The Labute approximate surface area is 102 Å². The van der Waals surface area contributed by atoms with Crippen LogP contribution in [0.15, 0.2) is 16.9 Å². The minimum atomic E-state index is -0.659. The number of nitrogens with one attached hydrogen (secondary N) is 1. The highest BCUT2D eigenvalue weighted by Gasteiger charge is 2.27. The second-order valence-corrected chi connectivity index (χ2v) is 4.79. The summed E-state index contributed by atoms with van der Waals surface area (Å²) in [5.41, 5.74) is 11.3. The van der Waals surface area contributed by atoms with Crippen LogP contribution in [0.1, 0.15) is 13.3 Å². The zero-order chi connectivity index (χ0) is 12.5. The Morgan fingerprint density at radius 3 is 2.65 bits per heavy atom. The summed E-state index contributed by atoms with van der Waals surface area (Å²) < 4.78 is 0. The van der Waals surface area contributed by atoms with Gasteiger partial charge in [0.05, 0.1) is 0 Å². The molecule has 2 aliphatic heterocycles. The Hall–Kier alpha value is -1.27. The van der Waals surface area contributed by atoms with Crippen LogP contribution < -0.4 is 16.8 Å². The molecule has 0 aromatic rings. The maximum absolute atomic E-state index is 6.15. The highest BCUT2D eigenvalue weighted by molar-refractivity contribution is 5.81. The molecule has 0 radical (unpaired) electrons. The van der Waals surface area contributed by atoms with Gasteiger partial charge in [0, 0.05) is 26.2 Å². The molecule has 1 atom stereocenters. The molecule has 96 valence electrons. The molecule has 1 saturated heterocycles. The van der Waals surface area contributed by atoms with Crippen molar-refractivity contribution in [2.45, 2.75) is 19.0 Å². The third-order valence-corrected chi connectivity index (χ3v) is 3.38. The van der Waals surface area contributed by atoms with E-state index in [0.29, 0.717) is 5.96 Å². The summed E-state index contributed by atoms with van der Waals surface area (Å²) in [6.45, 7) is 6.10. The Bertz CT molecular complexity index is 342. The summed E-state index contributed by atoms with van der Waals surface area (Å²) in [7, 11) is 2.13. The van der Waals surface area contributed by atoms with Gasteiger partial charge in [-0.05, 0) is 19.5 Å². The molecule has 0 amide bonds. The lowest BCUT2D eigenvalue weighted by atomic mass is 10.1. The number of guanidine groups is 1. The number of rotatable bonds is 2. The van der Waals surface area contributed by atoms with Crippen LogP contribution in [0.2, 0.25) is 0 Å². The lowest BCUT2D eigenvalue weighted by Crippen LogP contribution is -2.53. The van der Waals surface area contributed by atoms with Crippen LogP contribution in [0.25, 0.3) is 0 Å². The summed E-state index contributed by atoms with van der Waals surface area (Å²) >= 11 is 0. The van der Waals surface area contributed by atoms with Gasteiger partial charge in [-0.1, -0.05) is 6.92 Å². The van der Waals surface area contributed by atoms with Gasteiger partial charge in [-0.15, -0.1) is 0 Å². The van der Waals surface area contributed by atoms with Gasteiger partial charge < -0.3 is 26.6 Å². The second kappa shape index (κ2) is 4.54. The van der Waals surface area contributed by atoms with Crippen molar-refractivity contribution >= 4 is 5.96 Å². The van der Waals surface area contributed by atoms with E-state index in [2.05, 4.69) is 27.2 Å². The molecule has 0 aromatic carbocycles. The third-order valence-electron chi connectivity index (χ3n) is 3.38. The highest BCUT2D eigenvalue weighted by Crippen LogP contribution is 2.18. The maximum atomic E-state index is 6.15. The Morgan fingerprint density at radius 1 is 1.41 bits per heavy atom. The molecule has 2 aliphatic rings. The molecule has 17 heavy (non-hydrogen) atoms.